The highest BCUT2D eigenvalue weighted by Crippen LogP contribution is 2.31. The maximum absolute atomic E-state index is 12.9. The summed E-state index contributed by atoms with van der Waals surface area (Å²) in [6.07, 6.45) is 4.56. The van der Waals surface area contributed by atoms with Gasteiger partial charge in [0.05, 0.1) is 12.2 Å². The molecule has 0 aliphatic heterocycles. The minimum Gasteiger partial charge on any atom is -0.369 e. The van der Waals surface area contributed by atoms with Crippen molar-refractivity contribution in [2.45, 2.75) is 50.9 Å². The molecule has 0 aromatic heterocycles. The van der Waals surface area contributed by atoms with Crippen LogP contribution in [0.5, 0.6) is 0 Å². The predicted octanol–water partition coefficient (Wildman–Crippen LogP) is 3.17. The first kappa shape index (κ1) is 12.5. The number of benzene rings is 1. The molecule has 1 aromatic rings. The van der Waals surface area contributed by atoms with E-state index in [4.69, 9.17) is 10.5 Å². The lowest BCUT2D eigenvalue weighted by atomic mass is 9.94. The summed E-state index contributed by atoms with van der Waals surface area (Å²) >= 11 is 0. The molecule has 0 saturated heterocycles. The zero-order valence-electron chi connectivity index (χ0n) is 10.2. The van der Waals surface area contributed by atoms with Crippen LogP contribution in [0.25, 0.3) is 0 Å². The van der Waals surface area contributed by atoms with Gasteiger partial charge in [-0.1, -0.05) is 19.1 Å². The van der Waals surface area contributed by atoms with E-state index in [2.05, 4.69) is 0 Å². The van der Waals surface area contributed by atoms with Gasteiger partial charge in [0.25, 0.3) is 0 Å². The Morgan fingerprint density at radius 1 is 1.35 bits per heavy atom. The van der Waals surface area contributed by atoms with E-state index in [-0.39, 0.29) is 18.0 Å². The standard InChI is InChI=1S/C14H20FNO/c1-2-13(16)14(17-12-4-3-5-12)10-6-8-11(15)9-7-10/h6-9,12-14H,2-5,16H2,1H3. The molecule has 2 N–H and O–H groups in total. The Morgan fingerprint density at radius 2 is 2.00 bits per heavy atom. The molecule has 2 nitrogen and oxygen atoms in total. The first-order valence-electron chi connectivity index (χ1n) is 6.37. The molecular formula is C14H20FNO. The van der Waals surface area contributed by atoms with E-state index in [9.17, 15) is 4.39 Å². The van der Waals surface area contributed by atoms with Crippen LogP contribution in [0, 0.1) is 5.82 Å². The number of hydrogen-bond acceptors (Lipinski definition) is 2. The van der Waals surface area contributed by atoms with Crippen molar-refractivity contribution >= 4 is 0 Å². The van der Waals surface area contributed by atoms with Gasteiger partial charge in [-0.05, 0) is 43.4 Å². The maximum atomic E-state index is 12.9. The van der Waals surface area contributed by atoms with E-state index in [1.807, 2.05) is 6.92 Å². The lowest BCUT2D eigenvalue weighted by Gasteiger charge is -2.33. The highest BCUT2D eigenvalue weighted by molar-refractivity contribution is 5.20. The topological polar surface area (TPSA) is 35.2 Å². The highest BCUT2D eigenvalue weighted by atomic mass is 19.1. The number of hydrogen-bond donors (Lipinski definition) is 1. The van der Waals surface area contributed by atoms with E-state index in [0.717, 1.165) is 24.8 Å². The van der Waals surface area contributed by atoms with Crippen molar-refractivity contribution in [3.05, 3.63) is 35.6 Å². The molecule has 0 bridgehead atoms. The average Bonchev–Trinajstić information content (AvgIpc) is 2.29. The molecule has 0 spiro atoms. The highest BCUT2D eigenvalue weighted by Gasteiger charge is 2.26. The van der Waals surface area contributed by atoms with Crippen LogP contribution in [0.2, 0.25) is 0 Å². The number of ether oxygens (including phenoxy) is 1. The molecular weight excluding hydrogens is 217 g/mol. The van der Waals surface area contributed by atoms with Gasteiger partial charge < -0.3 is 10.5 Å². The second kappa shape index (κ2) is 5.61. The third-order valence-electron chi connectivity index (χ3n) is 3.45. The molecule has 17 heavy (non-hydrogen) atoms. The van der Waals surface area contributed by atoms with Crippen LogP contribution in [0.4, 0.5) is 4.39 Å². The zero-order chi connectivity index (χ0) is 12.3. The molecule has 1 aromatic carbocycles. The van der Waals surface area contributed by atoms with E-state index in [1.54, 1.807) is 12.1 Å². The van der Waals surface area contributed by atoms with Crippen molar-refractivity contribution in [1.82, 2.24) is 0 Å². The third kappa shape index (κ3) is 3.05. The first-order chi connectivity index (χ1) is 8.20. The maximum Gasteiger partial charge on any atom is 0.123 e. The van der Waals surface area contributed by atoms with Gasteiger partial charge >= 0.3 is 0 Å². The largest absolute Gasteiger partial charge is 0.369 e. The molecule has 0 heterocycles. The summed E-state index contributed by atoms with van der Waals surface area (Å²) in [5, 5.41) is 0. The fourth-order valence-electron chi connectivity index (χ4n) is 2.01. The molecule has 1 aliphatic rings. The Morgan fingerprint density at radius 3 is 2.47 bits per heavy atom. The van der Waals surface area contributed by atoms with Crippen LogP contribution < -0.4 is 5.73 Å². The second-order valence-corrected chi connectivity index (χ2v) is 4.73. The number of nitrogens with two attached hydrogens (primary N) is 1. The molecule has 2 atom stereocenters. The van der Waals surface area contributed by atoms with Gasteiger partial charge in [0.15, 0.2) is 0 Å². The predicted molar refractivity (Wildman–Crippen MR) is 66.1 cm³/mol. The van der Waals surface area contributed by atoms with Gasteiger partial charge in [0, 0.05) is 6.04 Å². The van der Waals surface area contributed by atoms with Gasteiger partial charge in [-0.3, -0.25) is 0 Å². The van der Waals surface area contributed by atoms with Crippen LogP contribution in [0.3, 0.4) is 0 Å². The summed E-state index contributed by atoms with van der Waals surface area (Å²) < 4.78 is 18.9. The fraction of sp³-hybridized carbons (Fsp3) is 0.571. The van der Waals surface area contributed by atoms with E-state index in [0.29, 0.717) is 6.10 Å². The lowest BCUT2D eigenvalue weighted by Crippen LogP contribution is -2.34. The summed E-state index contributed by atoms with van der Waals surface area (Å²) in [4.78, 5) is 0. The minimum absolute atomic E-state index is 0.0268. The van der Waals surface area contributed by atoms with Crippen molar-refractivity contribution in [3.63, 3.8) is 0 Å². The summed E-state index contributed by atoms with van der Waals surface area (Å²) in [5.41, 5.74) is 7.07. The van der Waals surface area contributed by atoms with Crippen LogP contribution in [-0.4, -0.2) is 12.1 Å². The van der Waals surface area contributed by atoms with Crippen molar-refractivity contribution < 1.29 is 9.13 Å². The molecule has 2 rings (SSSR count). The van der Waals surface area contributed by atoms with Crippen molar-refractivity contribution in [3.8, 4) is 0 Å². The van der Waals surface area contributed by atoms with Crippen molar-refractivity contribution in [1.29, 1.82) is 0 Å². The first-order valence-corrected chi connectivity index (χ1v) is 6.37. The molecule has 1 saturated carbocycles. The van der Waals surface area contributed by atoms with Gasteiger partial charge in [0.2, 0.25) is 0 Å². The lowest BCUT2D eigenvalue weighted by molar-refractivity contribution is -0.0638. The van der Waals surface area contributed by atoms with Gasteiger partial charge in [-0.15, -0.1) is 0 Å². The Bertz CT molecular complexity index is 348. The molecule has 3 heteroatoms. The number of rotatable bonds is 5. The summed E-state index contributed by atoms with van der Waals surface area (Å²) in [7, 11) is 0. The Kier molecular flexibility index (Phi) is 4.13. The quantitative estimate of drug-likeness (QED) is 0.853. The number of halogens is 1. The normalized spacial score (nSPS) is 19.7. The van der Waals surface area contributed by atoms with Crippen LogP contribution in [0.15, 0.2) is 24.3 Å². The van der Waals surface area contributed by atoms with Gasteiger partial charge in [0.1, 0.15) is 5.82 Å². The monoisotopic (exact) mass is 237 g/mol. The van der Waals surface area contributed by atoms with E-state index < -0.39 is 0 Å². The van der Waals surface area contributed by atoms with Gasteiger partial charge in [-0.25, -0.2) is 4.39 Å². The molecule has 0 radical (unpaired) electrons. The Hall–Kier alpha value is -0.930. The minimum atomic E-state index is -0.221. The summed E-state index contributed by atoms with van der Waals surface area (Å²) in [6, 6.07) is 6.45. The Balaban J connectivity index is 2.10. The fourth-order valence-corrected chi connectivity index (χ4v) is 2.01. The van der Waals surface area contributed by atoms with E-state index in [1.165, 1.54) is 18.6 Å². The van der Waals surface area contributed by atoms with Crippen LogP contribution in [0.1, 0.15) is 44.3 Å². The SMILES string of the molecule is CCC(N)C(OC1CCC1)c1ccc(F)cc1. The molecule has 2 unspecified atom stereocenters. The molecule has 0 amide bonds. The van der Waals surface area contributed by atoms with Crippen molar-refractivity contribution in [2.75, 3.05) is 0 Å². The van der Waals surface area contributed by atoms with E-state index >= 15 is 0 Å². The Labute approximate surface area is 102 Å². The smallest absolute Gasteiger partial charge is 0.123 e. The van der Waals surface area contributed by atoms with Gasteiger partial charge in [-0.2, -0.15) is 0 Å². The molecule has 1 aliphatic carbocycles. The van der Waals surface area contributed by atoms with Crippen molar-refractivity contribution in [2.24, 2.45) is 5.73 Å². The molecule has 1 fully saturated rings. The summed E-state index contributed by atoms with van der Waals surface area (Å²) in [5.74, 6) is -0.221. The third-order valence-corrected chi connectivity index (χ3v) is 3.45. The second-order valence-electron chi connectivity index (χ2n) is 4.73. The molecule has 94 valence electrons. The average molecular weight is 237 g/mol. The van der Waals surface area contributed by atoms with Crippen LogP contribution in [-0.2, 0) is 4.74 Å². The van der Waals surface area contributed by atoms with Crippen LogP contribution >= 0.6 is 0 Å². The zero-order valence-corrected chi connectivity index (χ0v) is 10.2. The summed E-state index contributed by atoms with van der Waals surface area (Å²) in [6.45, 7) is 2.05.